The summed E-state index contributed by atoms with van der Waals surface area (Å²) < 4.78 is 0. The lowest BCUT2D eigenvalue weighted by Crippen LogP contribution is -2.65. The molecule has 3 nitrogen and oxygen atoms in total. The maximum absolute atomic E-state index is 13.3. The van der Waals surface area contributed by atoms with Crippen molar-refractivity contribution in [3.63, 3.8) is 0 Å². The predicted octanol–water partition coefficient (Wildman–Crippen LogP) is 4.24. The Morgan fingerprint density at radius 2 is 1.83 bits per heavy atom. The topological polar surface area (TPSA) is 32.3 Å². The van der Waals surface area contributed by atoms with Gasteiger partial charge in [0.25, 0.3) is 5.91 Å². The van der Waals surface area contributed by atoms with Crippen LogP contribution in [0.5, 0.6) is 0 Å². The molecule has 0 saturated carbocycles. The first-order chi connectivity index (χ1) is 11.6. The molecule has 1 amide bonds. The van der Waals surface area contributed by atoms with Gasteiger partial charge in [-0.25, -0.2) is 0 Å². The van der Waals surface area contributed by atoms with Crippen LogP contribution in [0.2, 0.25) is 0 Å². The molecule has 2 atom stereocenters. The lowest BCUT2D eigenvalue weighted by Gasteiger charge is -2.53. The van der Waals surface area contributed by atoms with Gasteiger partial charge in [-0.15, -0.1) is 0 Å². The first-order valence-corrected chi connectivity index (χ1v) is 8.92. The number of aryl methyl sites for hydroxylation is 1. The standard InChI is InChI=1S/C21H24N2O/c1-3-15(2)23-20(24)18-10-6-7-11-19(18)22-21(23)13-12-16-8-4-5-9-17(16)14-21/h4-11,15,22H,3,12-14H2,1-2H3/t15-,21+/m0/s1. The average molecular weight is 320 g/mol. The molecule has 1 heterocycles. The molecule has 2 aromatic rings. The number of fused-ring (bicyclic) bond motifs is 2. The van der Waals surface area contributed by atoms with Crippen LogP contribution in [0, 0.1) is 0 Å². The zero-order valence-corrected chi connectivity index (χ0v) is 14.4. The first kappa shape index (κ1) is 15.3. The minimum atomic E-state index is -0.310. The van der Waals surface area contributed by atoms with Crippen LogP contribution < -0.4 is 5.32 Å². The van der Waals surface area contributed by atoms with Gasteiger partial charge in [-0.3, -0.25) is 4.79 Å². The van der Waals surface area contributed by atoms with Gasteiger partial charge in [0.05, 0.1) is 5.56 Å². The van der Waals surface area contributed by atoms with Crippen LogP contribution in [0.1, 0.15) is 48.2 Å². The number of carbonyl (C=O) groups is 1. The summed E-state index contributed by atoms with van der Waals surface area (Å²) in [6, 6.07) is 16.8. The van der Waals surface area contributed by atoms with Crippen LogP contribution >= 0.6 is 0 Å². The molecule has 2 aliphatic rings. The molecule has 0 unspecified atom stereocenters. The second kappa shape index (κ2) is 5.66. The summed E-state index contributed by atoms with van der Waals surface area (Å²) in [5, 5.41) is 3.75. The number of anilines is 1. The Kier molecular flexibility index (Phi) is 3.60. The van der Waals surface area contributed by atoms with Gasteiger partial charge in [0.1, 0.15) is 5.66 Å². The molecule has 1 N–H and O–H groups in total. The molecule has 4 rings (SSSR count). The third kappa shape index (κ3) is 2.22. The highest BCUT2D eigenvalue weighted by atomic mass is 16.2. The molecule has 3 heteroatoms. The third-order valence-electron chi connectivity index (χ3n) is 5.65. The van der Waals surface area contributed by atoms with Crippen molar-refractivity contribution in [1.82, 2.24) is 4.90 Å². The number of rotatable bonds is 2. The number of amides is 1. The van der Waals surface area contributed by atoms with Gasteiger partial charge in [0, 0.05) is 18.2 Å². The Bertz CT molecular complexity index is 785. The van der Waals surface area contributed by atoms with E-state index >= 15 is 0 Å². The highest BCUT2D eigenvalue weighted by molar-refractivity contribution is 6.02. The van der Waals surface area contributed by atoms with Gasteiger partial charge >= 0.3 is 0 Å². The molecule has 124 valence electrons. The molecular formula is C21H24N2O. The fourth-order valence-corrected chi connectivity index (χ4v) is 4.25. The predicted molar refractivity (Wildman–Crippen MR) is 97.2 cm³/mol. The van der Waals surface area contributed by atoms with Crippen molar-refractivity contribution in [3.05, 3.63) is 65.2 Å². The summed E-state index contributed by atoms with van der Waals surface area (Å²) >= 11 is 0. The van der Waals surface area contributed by atoms with Crippen molar-refractivity contribution in [2.45, 2.75) is 51.2 Å². The lowest BCUT2D eigenvalue weighted by atomic mass is 9.80. The van der Waals surface area contributed by atoms with E-state index in [1.54, 1.807) is 0 Å². The third-order valence-corrected chi connectivity index (χ3v) is 5.65. The van der Waals surface area contributed by atoms with Crippen molar-refractivity contribution < 1.29 is 4.79 Å². The number of nitrogens with one attached hydrogen (secondary N) is 1. The number of hydrogen-bond acceptors (Lipinski definition) is 2. The fraction of sp³-hybridized carbons (Fsp3) is 0.381. The SMILES string of the molecule is CC[C@H](C)N1C(=O)c2ccccc2N[C@]12CCc1ccccc1C2. The molecule has 24 heavy (non-hydrogen) atoms. The van der Waals surface area contributed by atoms with Gasteiger partial charge in [0.2, 0.25) is 0 Å². The summed E-state index contributed by atoms with van der Waals surface area (Å²) in [6.07, 6.45) is 3.78. The highest BCUT2D eigenvalue weighted by Crippen LogP contribution is 2.41. The molecule has 0 fully saturated rings. The van der Waals surface area contributed by atoms with Crippen LogP contribution in [0.25, 0.3) is 0 Å². The minimum Gasteiger partial charge on any atom is -0.362 e. The monoisotopic (exact) mass is 320 g/mol. The van der Waals surface area contributed by atoms with Crippen LogP contribution in [0.15, 0.2) is 48.5 Å². The molecule has 1 aliphatic heterocycles. The minimum absolute atomic E-state index is 0.165. The van der Waals surface area contributed by atoms with Gasteiger partial charge in [-0.05, 0) is 49.4 Å². The van der Waals surface area contributed by atoms with Gasteiger partial charge < -0.3 is 10.2 Å². The van der Waals surface area contributed by atoms with Crippen LogP contribution in [0.4, 0.5) is 5.69 Å². The molecule has 1 spiro atoms. The molecule has 0 bridgehead atoms. The van der Waals surface area contributed by atoms with E-state index in [4.69, 9.17) is 0 Å². The largest absolute Gasteiger partial charge is 0.362 e. The number of benzene rings is 2. The van der Waals surface area contributed by atoms with Crippen molar-refractivity contribution in [2.75, 3.05) is 5.32 Å². The first-order valence-electron chi connectivity index (χ1n) is 8.92. The lowest BCUT2D eigenvalue weighted by molar-refractivity contribution is 0.0317. The van der Waals surface area contributed by atoms with Crippen LogP contribution in [-0.2, 0) is 12.8 Å². The van der Waals surface area contributed by atoms with Crippen molar-refractivity contribution in [1.29, 1.82) is 0 Å². The van der Waals surface area contributed by atoms with E-state index in [2.05, 4.69) is 48.3 Å². The summed E-state index contributed by atoms with van der Waals surface area (Å²) in [5.74, 6) is 0.165. The number of nitrogens with zero attached hydrogens (tertiary/aromatic N) is 1. The maximum atomic E-state index is 13.3. The van der Waals surface area contributed by atoms with Crippen molar-refractivity contribution >= 4 is 11.6 Å². The summed E-state index contributed by atoms with van der Waals surface area (Å²) in [7, 11) is 0. The normalized spacial score (nSPS) is 23.4. The quantitative estimate of drug-likeness (QED) is 0.897. The molecular weight excluding hydrogens is 296 g/mol. The van der Waals surface area contributed by atoms with Crippen LogP contribution in [-0.4, -0.2) is 22.5 Å². The summed E-state index contributed by atoms with van der Waals surface area (Å²) in [6.45, 7) is 4.32. The van der Waals surface area contributed by atoms with E-state index in [1.807, 2.05) is 24.3 Å². The average Bonchev–Trinajstić information content (AvgIpc) is 2.61. The van der Waals surface area contributed by atoms with Crippen molar-refractivity contribution in [2.24, 2.45) is 0 Å². The van der Waals surface area contributed by atoms with E-state index in [0.29, 0.717) is 0 Å². The smallest absolute Gasteiger partial charge is 0.258 e. The fourth-order valence-electron chi connectivity index (χ4n) is 4.25. The Labute approximate surface area is 143 Å². The number of hydrogen-bond donors (Lipinski definition) is 1. The Hall–Kier alpha value is -2.29. The van der Waals surface area contributed by atoms with Crippen LogP contribution in [0.3, 0.4) is 0 Å². The summed E-state index contributed by atoms with van der Waals surface area (Å²) in [4.78, 5) is 15.4. The second-order valence-electron chi connectivity index (χ2n) is 7.08. The second-order valence-corrected chi connectivity index (χ2v) is 7.08. The van der Waals surface area contributed by atoms with Gasteiger partial charge in [0.15, 0.2) is 0 Å². The molecule has 0 aromatic heterocycles. The molecule has 0 saturated heterocycles. The van der Waals surface area contributed by atoms with E-state index < -0.39 is 0 Å². The maximum Gasteiger partial charge on any atom is 0.258 e. The van der Waals surface area contributed by atoms with Crippen molar-refractivity contribution in [3.8, 4) is 0 Å². The molecule has 0 radical (unpaired) electrons. The van der Waals surface area contributed by atoms with Gasteiger partial charge in [-0.2, -0.15) is 0 Å². The zero-order chi connectivity index (χ0) is 16.7. The van der Waals surface area contributed by atoms with E-state index in [1.165, 1.54) is 11.1 Å². The summed E-state index contributed by atoms with van der Waals surface area (Å²) in [5.41, 5.74) is 4.23. The number of para-hydroxylation sites is 1. The Morgan fingerprint density at radius 3 is 2.62 bits per heavy atom. The Morgan fingerprint density at radius 1 is 1.12 bits per heavy atom. The molecule has 1 aliphatic carbocycles. The molecule has 2 aromatic carbocycles. The highest BCUT2D eigenvalue weighted by Gasteiger charge is 2.47. The van der Waals surface area contributed by atoms with E-state index in [9.17, 15) is 4.79 Å². The number of carbonyl (C=O) groups excluding carboxylic acids is 1. The Balaban J connectivity index is 1.82. The van der Waals surface area contributed by atoms with E-state index in [-0.39, 0.29) is 17.6 Å². The zero-order valence-electron chi connectivity index (χ0n) is 14.4. The van der Waals surface area contributed by atoms with Gasteiger partial charge in [-0.1, -0.05) is 43.3 Å². The van der Waals surface area contributed by atoms with E-state index in [0.717, 1.165) is 36.9 Å².